The van der Waals surface area contributed by atoms with Gasteiger partial charge in [-0.15, -0.1) is 0 Å². The van der Waals surface area contributed by atoms with Crippen molar-refractivity contribution in [3.8, 4) is 16.9 Å². The number of benzene rings is 2. The summed E-state index contributed by atoms with van der Waals surface area (Å²) in [5.41, 5.74) is 1.09. The summed E-state index contributed by atoms with van der Waals surface area (Å²) in [5.74, 6) is -1.04. The standard InChI is InChI=1S/C33H37F2N5O3/c1-19(2)22-13-10-11-20(3)28(22)40-30-24(17-26(35)27(36-30)23-12-8-9-14-25(23)34)29(37-31(40)41)39-16-15-38(18-21(39)4)32(42)43-33(5,6)7/h8-14,17,19,21H,15-16,18H2,1-7H3/t21-/m0/s1. The van der Waals surface area contributed by atoms with E-state index in [4.69, 9.17) is 4.74 Å². The molecule has 0 N–H and O–H groups in total. The molecule has 10 heteroatoms. The Balaban J connectivity index is 1.72. The third kappa shape index (κ3) is 5.83. The number of pyridine rings is 1. The number of amides is 1. The molecular formula is C33H37F2N5O3. The first-order valence-electron chi connectivity index (χ1n) is 14.5. The van der Waals surface area contributed by atoms with Gasteiger partial charge in [0.1, 0.15) is 28.7 Å². The van der Waals surface area contributed by atoms with E-state index in [2.05, 4.69) is 9.97 Å². The molecule has 1 amide bonds. The second-order valence-electron chi connectivity index (χ2n) is 12.4. The van der Waals surface area contributed by atoms with Crippen LogP contribution in [0.25, 0.3) is 28.0 Å². The minimum Gasteiger partial charge on any atom is -0.444 e. The lowest BCUT2D eigenvalue weighted by Crippen LogP contribution is -2.55. The van der Waals surface area contributed by atoms with Gasteiger partial charge in [-0.3, -0.25) is 0 Å². The Morgan fingerprint density at radius 2 is 1.74 bits per heavy atom. The Morgan fingerprint density at radius 3 is 2.40 bits per heavy atom. The van der Waals surface area contributed by atoms with Crippen LogP contribution < -0.4 is 10.6 Å². The van der Waals surface area contributed by atoms with E-state index in [-0.39, 0.29) is 34.7 Å². The molecule has 5 rings (SSSR count). The number of ether oxygens (including phenoxy) is 1. The number of fused-ring (bicyclic) bond motifs is 1. The van der Waals surface area contributed by atoms with Crippen molar-refractivity contribution in [2.24, 2.45) is 0 Å². The van der Waals surface area contributed by atoms with E-state index in [1.165, 1.54) is 28.8 Å². The Bertz CT molecular complexity index is 1760. The van der Waals surface area contributed by atoms with Gasteiger partial charge in [0, 0.05) is 31.2 Å². The minimum absolute atomic E-state index is 0.00697. The quantitative estimate of drug-likeness (QED) is 0.267. The van der Waals surface area contributed by atoms with Crippen LogP contribution in [0.4, 0.5) is 19.4 Å². The van der Waals surface area contributed by atoms with E-state index in [0.29, 0.717) is 30.7 Å². The maximum absolute atomic E-state index is 15.8. The van der Waals surface area contributed by atoms with Crippen molar-refractivity contribution in [3.63, 3.8) is 0 Å². The van der Waals surface area contributed by atoms with Gasteiger partial charge in [0.05, 0.1) is 11.1 Å². The number of aryl methyl sites for hydroxylation is 1. The Morgan fingerprint density at radius 1 is 1.02 bits per heavy atom. The van der Waals surface area contributed by atoms with Crippen LogP contribution in [0.1, 0.15) is 58.6 Å². The molecule has 0 aliphatic carbocycles. The second kappa shape index (κ2) is 11.4. The zero-order chi connectivity index (χ0) is 31.2. The predicted molar refractivity (Wildman–Crippen MR) is 164 cm³/mol. The molecule has 0 bridgehead atoms. The van der Waals surface area contributed by atoms with Crippen molar-refractivity contribution < 1.29 is 18.3 Å². The molecule has 3 heterocycles. The number of carbonyl (C=O) groups excluding carboxylic acids is 1. The Labute approximate surface area is 249 Å². The summed E-state index contributed by atoms with van der Waals surface area (Å²) in [6.45, 7) is 14.3. The highest BCUT2D eigenvalue weighted by Gasteiger charge is 2.33. The number of hydrogen-bond donors (Lipinski definition) is 0. The molecular weight excluding hydrogens is 552 g/mol. The summed E-state index contributed by atoms with van der Waals surface area (Å²) >= 11 is 0. The fraction of sp³-hybridized carbons (Fsp3) is 0.394. The van der Waals surface area contributed by atoms with Crippen molar-refractivity contribution in [3.05, 3.63) is 81.8 Å². The van der Waals surface area contributed by atoms with Crippen molar-refractivity contribution in [2.75, 3.05) is 24.5 Å². The summed E-state index contributed by atoms with van der Waals surface area (Å²) in [5, 5.41) is 0.313. The van der Waals surface area contributed by atoms with Gasteiger partial charge in [-0.2, -0.15) is 4.98 Å². The molecule has 2 aromatic carbocycles. The Kier molecular flexibility index (Phi) is 7.98. The van der Waals surface area contributed by atoms with E-state index in [1.807, 2.05) is 71.6 Å². The minimum atomic E-state index is -0.736. The van der Waals surface area contributed by atoms with Crippen molar-refractivity contribution in [2.45, 2.75) is 66.0 Å². The zero-order valence-electron chi connectivity index (χ0n) is 25.6. The molecule has 8 nitrogen and oxygen atoms in total. The number of aromatic nitrogens is 3. The van der Waals surface area contributed by atoms with Gasteiger partial charge in [0.15, 0.2) is 5.65 Å². The van der Waals surface area contributed by atoms with Gasteiger partial charge in [-0.25, -0.2) is 27.9 Å². The summed E-state index contributed by atoms with van der Waals surface area (Å²) in [6.07, 6.45) is -0.421. The summed E-state index contributed by atoms with van der Waals surface area (Å²) in [6, 6.07) is 12.6. The molecule has 1 atom stereocenters. The molecule has 1 saturated heterocycles. The number of carbonyl (C=O) groups is 1. The summed E-state index contributed by atoms with van der Waals surface area (Å²) in [4.78, 5) is 39.4. The Hall–Kier alpha value is -4.34. The zero-order valence-corrected chi connectivity index (χ0v) is 25.6. The van der Waals surface area contributed by atoms with E-state index in [9.17, 15) is 14.0 Å². The molecule has 2 aromatic heterocycles. The van der Waals surface area contributed by atoms with Gasteiger partial charge in [-0.05, 0) is 69.9 Å². The van der Waals surface area contributed by atoms with Gasteiger partial charge in [0.25, 0.3) is 0 Å². The highest BCUT2D eigenvalue weighted by atomic mass is 19.1. The molecule has 226 valence electrons. The molecule has 4 aromatic rings. The molecule has 0 unspecified atom stereocenters. The lowest BCUT2D eigenvalue weighted by atomic mass is 9.98. The fourth-order valence-corrected chi connectivity index (χ4v) is 5.59. The molecule has 0 radical (unpaired) electrons. The van der Waals surface area contributed by atoms with Crippen LogP contribution in [0.15, 0.2) is 53.3 Å². The van der Waals surface area contributed by atoms with Crippen LogP contribution >= 0.6 is 0 Å². The first-order chi connectivity index (χ1) is 20.3. The molecule has 0 saturated carbocycles. The molecule has 43 heavy (non-hydrogen) atoms. The van der Waals surface area contributed by atoms with Crippen LogP contribution in [-0.4, -0.2) is 56.8 Å². The largest absolute Gasteiger partial charge is 0.444 e. The van der Waals surface area contributed by atoms with Gasteiger partial charge in [0.2, 0.25) is 0 Å². The maximum Gasteiger partial charge on any atom is 0.410 e. The van der Waals surface area contributed by atoms with Gasteiger partial charge in [-0.1, -0.05) is 44.2 Å². The number of anilines is 1. The highest BCUT2D eigenvalue weighted by Crippen LogP contribution is 2.34. The summed E-state index contributed by atoms with van der Waals surface area (Å²) < 4.78 is 37.7. The molecule has 1 aliphatic heterocycles. The van der Waals surface area contributed by atoms with E-state index < -0.39 is 29.0 Å². The first kappa shape index (κ1) is 30.1. The van der Waals surface area contributed by atoms with Crippen LogP contribution in [-0.2, 0) is 4.74 Å². The second-order valence-corrected chi connectivity index (χ2v) is 12.4. The van der Waals surface area contributed by atoms with Gasteiger partial charge >= 0.3 is 11.8 Å². The van der Waals surface area contributed by atoms with Crippen LogP contribution in [0, 0.1) is 18.6 Å². The number of halogens is 2. The fourth-order valence-electron chi connectivity index (χ4n) is 5.59. The van der Waals surface area contributed by atoms with Crippen LogP contribution in [0.3, 0.4) is 0 Å². The number of piperazine rings is 1. The lowest BCUT2D eigenvalue weighted by Gasteiger charge is -2.41. The average molecular weight is 590 g/mol. The number of rotatable bonds is 4. The molecule has 1 aliphatic rings. The number of hydrogen-bond acceptors (Lipinski definition) is 6. The third-order valence-electron chi connectivity index (χ3n) is 7.60. The summed E-state index contributed by atoms with van der Waals surface area (Å²) in [7, 11) is 0. The SMILES string of the molecule is Cc1cccc(C(C)C)c1-n1c(=O)nc(N2CCN(C(=O)OC(C)(C)C)C[C@@H]2C)c2cc(F)c(-c3ccccc3F)nc21. The maximum atomic E-state index is 15.8. The van der Waals surface area contributed by atoms with Crippen molar-refractivity contribution in [1.29, 1.82) is 0 Å². The van der Waals surface area contributed by atoms with Crippen LogP contribution in [0.2, 0.25) is 0 Å². The topological polar surface area (TPSA) is 80.6 Å². The number of para-hydroxylation sites is 1. The van der Waals surface area contributed by atoms with E-state index in [1.54, 1.807) is 11.0 Å². The highest BCUT2D eigenvalue weighted by molar-refractivity contribution is 5.90. The number of nitrogens with zero attached hydrogens (tertiary/aromatic N) is 5. The predicted octanol–water partition coefficient (Wildman–Crippen LogP) is 6.60. The average Bonchev–Trinajstić information content (AvgIpc) is 2.92. The molecule has 0 spiro atoms. The van der Waals surface area contributed by atoms with Crippen molar-refractivity contribution >= 4 is 22.9 Å². The lowest BCUT2D eigenvalue weighted by molar-refractivity contribution is 0.0218. The smallest absolute Gasteiger partial charge is 0.410 e. The first-order valence-corrected chi connectivity index (χ1v) is 14.5. The monoisotopic (exact) mass is 589 g/mol. The third-order valence-corrected chi connectivity index (χ3v) is 7.60. The van der Waals surface area contributed by atoms with Crippen molar-refractivity contribution in [1.82, 2.24) is 19.4 Å². The van der Waals surface area contributed by atoms with Gasteiger partial charge < -0.3 is 14.5 Å². The molecule has 1 fully saturated rings. The normalized spacial score (nSPS) is 15.8. The van der Waals surface area contributed by atoms with E-state index in [0.717, 1.165) is 11.1 Å². The van der Waals surface area contributed by atoms with E-state index >= 15 is 4.39 Å². The van der Waals surface area contributed by atoms with Crippen LogP contribution in [0.5, 0.6) is 0 Å².